The van der Waals surface area contributed by atoms with Gasteiger partial charge in [-0.2, -0.15) is 5.10 Å². The van der Waals surface area contributed by atoms with Crippen LogP contribution >= 0.6 is 34.2 Å². The Morgan fingerprint density at radius 3 is 2.46 bits per heavy atom. The molecule has 2 rings (SSSR count). The van der Waals surface area contributed by atoms with Crippen molar-refractivity contribution in [3.63, 3.8) is 0 Å². The number of hydrogen-bond acceptors (Lipinski definition) is 1. The summed E-state index contributed by atoms with van der Waals surface area (Å²) >= 11 is 8.14. The number of hydrogen-bond donors (Lipinski definition) is 1. The van der Waals surface area contributed by atoms with Crippen LogP contribution in [0, 0.1) is 3.70 Å². The summed E-state index contributed by atoms with van der Waals surface area (Å²) in [5.41, 5.74) is 1.94. The zero-order chi connectivity index (χ0) is 9.26. The number of H-pyrrole nitrogens is 1. The second kappa shape index (κ2) is 3.67. The average molecular weight is 305 g/mol. The van der Waals surface area contributed by atoms with Crippen LogP contribution in [0.2, 0.25) is 5.02 Å². The lowest BCUT2D eigenvalue weighted by Gasteiger charge is -1.96. The monoisotopic (exact) mass is 304 g/mol. The summed E-state index contributed by atoms with van der Waals surface area (Å²) in [4.78, 5) is 0. The van der Waals surface area contributed by atoms with Gasteiger partial charge in [-0.1, -0.05) is 41.9 Å². The van der Waals surface area contributed by atoms with Crippen molar-refractivity contribution in [3.05, 3.63) is 39.1 Å². The number of aromatic nitrogens is 2. The maximum absolute atomic E-state index is 6.04. The third-order valence-corrected chi connectivity index (χ3v) is 3.20. The van der Waals surface area contributed by atoms with Gasteiger partial charge in [-0.05, 0) is 22.6 Å². The van der Waals surface area contributed by atoms with Crippen LogP contribution in [0.5, 0.6) is 0 Å². The Kier molecular flexibility index (Phi) is 2.55. The molecule has 0 saturated carbocycles. The fourth-order valence-corrected chi connectivity index (χ4v) is 1.69. The molecule has 0 saturated heterocycles. The second-order valence-electron chi connectivity index (χ2n) is 2.57. The van der Waals surface area contributed by atoms with Gasteiger partial charge in [-0.15, -0.1) is 0 Å². The Morgan fingerprint density at radius 1 is 1.23 bits per heavy atom. The van der Waals surface area contributed by atoms with Crippen molar-refractivity contribution >= 4 is 34.2 Å². The summed E-state index contributed by atoms with van der Waals surface area (Å²) in [7, 11) is 0. The largest absolute Gasteiger partial charge is 0.275 e. The van der Waals surface area contributed by atoms with Crippen molar-refractivity contribution in [1.29, 1.82) is 0 Å². The summed E-state index contributed by atoms with van der Waals surface area (Å²) in [6, 6.07) is 9.91. The lowest BCUT2D eigenvalue weighted by atomic mass is 10.2. The van der Waals surface area contributed by atoms with E-state index in [9.17, 15) is 0 Å². The zero-order valence-electron chi connectivity index (χ0n) is 6.59. The molecule has 4 heteroatoms. The van der Waals surface area contributed by atoms with Gasteiger partial charge in [0.1, 0.15) is 3.70 Å². The molecule has 0 aliphatic carbocycles. The molecule has 0 atom stereocenters. The van der Waals surface area contributed by atoms with Gasteiger partial charge in [0.15, 0.2) is 0 Å². The molecule has 0 radical (unpaired) electrons. The van der Waals surface area contributed by atoms with Gasteiger partial charge in [0.2, 0.25) is 0 Å². The highest BCUT2D eigenvalue weighted by atomic mass is 127. The molecule has 2 aromatic rings. The Bertz CT molecular complexity index is 411. The molecule has 13 heavy (non-hydrogen) atoms. The fraction of sp³-hybridized carbons (Fsp3) is 0. The minimum Gasteiger partial charge on any atom is -0.275 e. The minimum atomic E-state index is 0.687. The van der Waals surface area contributed by atoms with Crippen LogP contribution in [0.15, 0.2) is 30.3 Å². The molecular weight excluding hydrogens is 298 g/mol. The molecule has 0 unspecified atom stereocenters. The third kappa shape index (κ3) is 1.71. The van der Waals surface area contributed by atoms with Gasteiger partial charge >= 0.3 is 0 Å². The van der Waals surface area contributed by atoms with Gasteiger partial charge in [0.25, 0.3) is 0 Å². The molecule has 2 nitrogen and oxygen atoms in total. The molecule has 0 bridgehead atoms. The Balaban J connectivity index is 2.53. The standard InChI is InChI=1S/C9H6ClIN2/c10-7-8(12-13-9(7)11)6-4-2-1-3-5-6/h1-5H,(H,12,13). The Labute approximate surface area is 94.5 Å². The molecule has 0 aliphatic heterocycles. The van der Waals surface area contributed by atoms with Crippen molar-refractivity contribution in [2.45, 2.75) is 0 Å². The SMILES string of the molecule is Clc1c(I)n[nH]c1-c1ccccc1. The first kappa shape index (κ1) is 9.02. The highest BCUT2D eigenvalue weighted by Crippen LogP contribution is 2.28. The van der Waals surface area contributed by atoms with Crippen molar-refractivity contribution in [1.82, 2.24) is 10.2 Å². The topological polar surface area (TPSA) is 28.7 Å². The number of rotatable bonds is 1. The smallest absolute Gasteiger partial charge is 0.142 e. The van der Waals surface area contributed by atoms with E-state index in [1.54, 1.807) is 0 Å². The predicted octanol–water partition coefficient (Wildman–Crippen LogP) is 3.33. The van der Waals surface area contributed by atoms with Gasteiger partial charge in [-0.25, -0.2) is 0 Å². The van der Waals surface area contributed by atoms with Gasteiger partial charge in [-0.3, -0.25) is 5.10 Å². The number of nitrogens with one attached hydrogen (secondary N) is 1. The highest BCUT2D eigenvalue weighted by molar-refractivity contribution is 14.1. The van der Waals surface area contributed by atoms with Crippen LogP contribution in [0.1, 0.15) is 0 Å². The van der Waals surface area contributed by atoms with Gasteiger partial charge in [0, 0.05) is 5.56 Å². The lowest BCUT2D eigenvalue weighted by Crippen LogP contribution is -1.76. The summed E-state index contributed by atoms with van der Waals surface area (Å²) in [6.45, 7) is 0. The number of aromatic amines is 1. The normalized spacial score (nSPS) is 10.3. The van der Waals surface area contributed by atoms with E-state index < -0.39 is 0 Å². The molecule has 1 aromatic heterocycles. The summed E-state index contributed by atoms with van der Waals surface area (Å²) in [6.07, 6.45) is 0. The molecule has 1 N–H and O–H groups in total. The number of benzene rings is 1. The van der Waals surface area contributed by atoms with Crippen LogP contribution < -0.4 is 0 Å². The van der Waals surface area contributed by atoms with E-state index in [-0.39, 0.29) is 0 Å². The Morgan fingerprint density at radius 2 is 1.92 bits per heavy atom. The van der Waals surface area contributed by atoms with Crippen LogP contribution in [0.4, 0.5) is 0 Å². The van der Waals surface area contributed by atoms with Crippen LogP contribution in [-0.2, 0) is 0 Å². The van der Waals surface area contributed by atoms with E-state index in [1.165, 1.54) is 0 Å². The van der Waals surface area contributed by atoms with E-state index in [0.717, 1.165) is 15.0 Å². The number of nitrogens with zero attached hydrogens (tertiary/aromatic N) is 1. The average Bonchev–Trinajstić information content (AvgIpc) is 2.49. The fourth-order valence-electron chi connectivity index (χ4n) is 1.10. The molecule has 1 heterocycles. The summed E-state index contributed by atoms with van der Waals surface area (Å²) < 4.78 is 0.804. The molecule has 0 aliphatic rings. The van der Waals surface area contributed by atoms with Crippen LogP contribution in [-0.4, -0.2) is 10.2 Å². The van der Waals surface area contributed by atoms with Crippen molar-refractivity contribution in [2.75, 3.05) is 0 Å². The Hall–Kier alpha value is -0.550. The molecule has 0 spiro atoms. The van der Waals surface area contributed by atoms with E-state index in [0.29, 0.717) is 5.02 Å². The van der Waals surface area contributed by atoms with E-state index >= 15 is 0 Å². The van der Waals surface area contributed by atoms with Crippen molar-refractivity contribution < 1.29 is 0 Å². The van der Waals surface area contributed by atoms with Gasteiger partial charge < -0.3 is 0 Å². The first-order valence-electron chi connectivity index (χ1n) is 3.74. The van der Waals surface area contributed by atoms with E-state index in [4.69, 9.17) is 11.6 Å². The van der Waals surface area contributed by atoms with Crippen LogP contribution in [0.25, 0.3) is 11.3 Å². The quantitative estimate of drug-likeness (QED) is 0.804. The summed E-state index contributed by atoms with van der Waals surface area (Å²) in [5.74, 6) is 0. The minimum absolute atomic E-state index is 0.687. The maximum atomic E-state index is 6.04. The van der Waals surface area contributed by atoms with Gasteiger partial charge in [0.05, 0.1) is 10.7 Å². The molecule has 66 valence electrons. The third-order valence-electron chi connectivity index (χ3n) is 1.73. The second-order valence-corrected chi connectivity index (χ2v) is 3.97. The zero-order valence-corrected chi connectivity index (χ0v) is 9.50. The molecular formula is C9H6ClIN2. The first-order chi connectivity index (χ1) is 6.29. The maximum Gasteiger partial charge on any atom is 0.142 e. The number of halogens is 2. The molecule has 0 amide bonds. The van der Waals surface area contributed by atoms with E-state index in [2.05, 4.69) is 32.8 Å². The summed E-state index contributed by atoms with van der Waals surface area (Å²) in [5, 5.41) is 7.61. The predicted molar refractivity (Wildman–Crippen MR) is 61.8 cm³/mol. The lowest BCUT2D eigenvalue weighted by molar-refractivity contribution is 1.07. The van der Waals surface area contributed by atoms with Crippen LogP contribution in [0.3, 0.4) is 0 Å². The molecule has 1 aromatic carbocycles. The highest BCUT2D eigenvalue weighted by Gasteiger charge is 2.09. The van der Waals surface area contributed by atoms with E-state index in [1.807, 2.05) is 30.3 Å². The molecule has 0 fully saturated rings. The first-order valence-corrected chi connectivity index (χ1v) is 5.19. The van der Waals surface area contributed by atoms with Crippen molar-refractivity contribution in [2.24, 2.45) is 0 Å². The van der Waals surface area contributed by atoms with Crippen molar-refractivity contribution in [3.8, 4) is 11.3 Å².